The summed E-state index contributed by atoms with van der Waals surface area (Å²) in [4.78, 5) is 13.0. The first-order valence-electron chi connectivity index (χ1n) is 8.63. The zero-order valence-corrected chi connectivity index (χ0v) is 17.8. The third kappa shape index (κ3) is 5.09. The van der Waals surface area contributed by atoms with Crippen molar-refractivity contribution in [1.29, 1.82) is 0 Å². The maximum atomic E-state index is 13.0. The van der Waals surface area contributed by atoms with E-state index in [9.17, 15) is 13.2 Å². The van der Waals surface area contributed by atoms with Gasteiger partial charge in [0.2, 0.25) is 10.0 Å². The van der Waals surface area contributed by atoms with Crippen LogP contribution in [0.15, 0.2) is 72.8 Å². The molecule has 0 saturated heterocycles. The highest BCUT2D eigenvalue weighted by molar-refractivity contribution is 7.92. The molecule has 0 aliphatic carbocycles. The Morgan fingerprint density at radius 1 is 0.897 bits per heavy atom. The van der Waals surface area contributed by atoms with Gasteiger partial charge < -0.3 is 5.32 Å². The van der Waals surface area contributed by atoms with E-state index in [1.807, 2.05) is 30.3 Å². The van der Waals surface area contributed by atoms with Crippen molar-refractivity contribution < 1.29 is 13.2 Å². The minimum Gasteiger partial charge on any atom is -0.319 e. The van der Waals surface area contributed by atoms with Gasteiger partial charge in [-0.15, -0.1) is 0 Å². The number of rotatable bonds is 6. The average Bonchev–Trinajstić information content (AvgIpc) is 2.69. The van der Waals surface area contributed by atoms with Gasteiger partial charge >= 0.3 is 0 Å². The second-order valence-electron chi connectivity index (χ2n) is 6.32. The maximum absolute atomic E-state index is 13.0. The fourth-order valence-electron chi connectivity index (χ4n) is 2.81. The normalized spacial score (nSPS) is 11.1. The molecule has 0 unspecified atom stereocenters. The van der Waals surface area contributed by atoms with Crippen LogP contribution in [-0.4, -0.2) is 20.6 Å². The Morgan fingerprint density at radius 3 is 2.10 bits per heavy atom. The van der Waals surface area contributed by atoms with Crippen LogP contribution in [0.5, 0.6) is 0 Å². The molecular weight excluding hydrogens is 431 g/mol. The third-order valence-corrected chi connectivity index (χ3v) is 5.94. The van der Waals surface area contributed by atoms with Crippen LogP contribution >= 0.6 is 23.2 Å². The highest BCUT2D eigenvalue weighted by atomic mass is 35.5. The lowest BCUT2D eigenvalue weighted by molar-refractivity contribution is 0.102. The quantitative estimate of drug-likeness (QED) is 0.562. The van der Waals surface area contributed by atoms with Crippen LogP contribution < -0.4 is 9.62 Å². The number of carbonyl (C=O) groups is 1. The highest BCUT2D eigenvalue weighted by Crippen LogP contribution is 2.32. The van der Waals surface area contributed by atoms with Crippen molar-refractivity contribution in [2.45, 2.75) is 6.54 Å². The predicted octanol–water partition coefficient (Wildman–Crippen LogP) is 5.21. The number of para-hydroxylation sites is 2. The number of anilines is 2. The van der Waals surface area contributed by atoms with Gasteiger partial charge in [0.05, 0.1) is 39.8 Å². The number of hydrogen-bond donors (Lipinski definition) is 1. The van der Waals surface area contributed by atoms with Gasteiger partial charge in [0, 0.05) is 0 Å². The predicted molar refractivity (Wildman–Crippen MR) is 118 cm³/mol. The minimum absolute atomic E-state index is 0.0941. The molecule has 29 heavy (non-hydrogen) atoms. The molecule has 0 bridgehead atoms. The van der Waals surface area contributed by atoms with Crippen LogP contribution in [0.3, 0.4) is 0 Å². The summed E-state index contributed by atoms with van der Waals surface area (Å²) in [5.41, 5.74) is 1.51. The Kier molecular flexibility index (Phi) is 6.47. The summed E-state index contributed by atoms with van der Waals surface area (Å²) in [6.07, 6.45) is 1.11. The van der Waals surface area contributed by atoms with E-state index in [4.69, 9.17) is 23.2 Å². The van der Waals surface area contributed by atoms with Crippen LogP contribution in [-0.2, 0) is 16.6 Å². The first kappa shape index (κ1) is 21.2. The number of halogens is 2. The summed E-state index contributed by atoms with van der Waals surface area (Å²) in [5, 5.41) is 3.25. The van der Waals surface area contributed by atoms with E-state index in [0.29, 0.717) is 0 Å². The second kappa shape index (κ2) is 8.86. The number of nitrogens with zero attached hydrogens (tertiary/aromatic N) is 1. The maximum Gasteiger partial charge on any atom is 0.257 e. The van der Waals surface area contributed by atoms with Gasteiger partial charge in [0.25, 0.3) is 5.91 Å². The monoisotopic (exact) mass is 448 g/mol. The van der Waals surface area contributed by atoms with Crippen molar-refractivity contribution in [3.63, 3.8) is 0 Å². The van der Waals surface area contributed by atoms with Gasteiger partial charge in [0.15, 0.2) is 0 Å². The lowest BCUT2D eigenvalue weighted by atomic mass is 10.1. The Hall–Kier alpha value is -2.54. The van der Waals surface area contributed by atoms with E-state index in [1.165, 1.54) is 4.31 Å². The Bertz CT molecular complexity index is 1120. The summed E-state index contributed by atoms with van der Waals surface area (Å²) in [6.45, 7) is 0.0941. The lowest BCUT2D eigenvalue weighted by Gasteiger charge is -2.25. The molecule has 1 amide bonds. The van der Waals surface area contributed by atoms with E-state index in [2.05, 4.69) is 5.32 Å². The van der Waals surface area contributed by atoms with Gasteiger partial charge in [-0.2, -0.15) is 0 Å². The fraction of sp³-hybridized carbons (Fsp3) is 0.0952. The molecular formula is C21H18Cl2N2O3S. The standard InChI is InChI=1S/C21H18Cl2N2O3S/c1-29(27,28)25(14-15-8-3-2-4-9-15)19-13-6-5-10-16(19)21(26)24-20-17(22)11-7-12-18(20)23/h2-13H,14H2,1H3,(H,24,26). The molecule has 0 fully saturated rings. The molecule has 8 heteroatoms. The number of sulfonamides is 1. The lowest BCUT2D eigenvalue weighted by Crippen LogP contribution is -2.31. The highest BCUT2D eigenvalue weighted by Gasteiger charge is 2.24. The van der Waals surface area contributed by atoms with Gasteiger partial charge in [-0.3, -0.25) is 9.10 Å². The molecule has 5 nitrogen and oxygen atoms in total. The summed E-state index contributed by atoms with van der Waals surface area (Å²) < 4.78 is 26.3. The number of hydrogen-bond acceptors (Lipinski definition) is 3. The molecule has 3 aromatic rings. The van der Waals surface area contributed by atoms with Crippen molar-refractivity contribution >= 4 is 50.5 Å². The van der Waals surface area contributed by atoms with Crippen LogP contribution in [0.1, 0.15) is 15.9 Å². The molecule has 0 aliphatic rings. The van der Waals surface area contributed by atoms with E-state index in [0.717, 1.165) is 11.8 Å². The van der Waals surface area contributed by atoms with Crippen LogP contribution in [0.4, 0.5) is 11.4 Å². The van der Waals surface area contributed by atoms with E-state index >= 15 is 0 Å². The van der Waals surface area contributed by atoms with Crippen molar-refractivity contribution in [2.75, 3.05) is 15.9 Å². The Morgan fingerprint density at radius 2 is 1.48 bits per heavy atom. The molecule has 0 saturated carbocycles. The van der Waals surface area contributed by atoms with Crippen LogP contribution in [0, 0.1) is 0 Å². The SMILES string of the molecule is CS(=O)(=O)N(Cc1ccccc1)c1ccccc1C(=O)Nc1c(Cl)cccc1Cl. The average molecular weight is 449 g/mol. The summed E-state index contributed by atoms with van der Waals surface area (Å²) in [6, 6.07) is 20.5. The van der Waals surface area contributed by atoms with Crippen molar-refractivity contribution in [2.24, 2.45) is 0 Å². The van der Waals surface area contributed by atoms with Gasteiger partial charge in [-0.1, -0.05) is 71.7 Å². The zero-order valence-electron chi connectivity index (χ0n) is 15.5. The number of amides is 1. The molecule has 1 N–H and O–H groups in total. The smallest absolute Gasteiger partial charge is 0.257 e. The van der Waals surface area contributed by atoms with Crippen LogP contribution in [0.2, 0.25) is 10.0 Å². The minimum atomic E-state index is -3.66. The second-order valence-corrected chi connectivity index (χ2v) is 9.04. The van der Waals surface area contributed by atoms with Crippen molar-refractivity contribution in [3.05, 3.63) is 94.0 Å². The number of carbonyl (C=O) groups excluding carboxylic acids is 1. The largest absolute Gasteiger partial charge is 0.319 e. The molecule has 0 atom stereocenters. The van der Waals surface area contributed by atoms with E-state index < -0.39 is 15.9 Å². The molecule has 3 rings (SSSR count). The molecule has 3 aromatic carbocycles. The van der Waals surface area contributed by atoms with Gasteiger partial charge in [0.1, 0.15) is 0 Å². The van der Waals surface area contributed by atoms with Gasteiger partial charge in [-0.05, 0) is 29.8 Å². The summed E-state index contributed by atoms with van der Waals surface area (Å²) in [5.74, 6) is -0.516. The molecule has 0 radical (unpaired) electrons. The number of benzene rings is 3. The van der Waals surface area contributed by atoms with Crippen molar-refractivity contribution in [1.82, 2.24) is 0 Å². The third-order valence-electron chi connectivity index (χ3n) is 4.19. The fourth-order valence-corrected chi connectivity index (χ4v) is 4.20. The summed E-state index contributed by atoms with van der Waals surface area (Å²) in [7, 11) is -3.66. The van der Waals surface area contributed by atoms with Gasteiger partial charge in [-0.25, -0.2) is 8.42 Å². The molecule has 0 aromatic heterocycles. The Balaban J connectivity index is 2.01. The molecule has 0 spiro atoms. The molecule has 150 valence electrons. The number of nitrogens with one attached hydrogen (secondary N) is 1. The topological polar surface area (TPSA) is 66.5 Å². The van der Waals surface area contributed by atoms with E-state index in [-0.39, 0.29) is 33.5 Å². The Labute approximate surface area is 179 Å². The first-order valence-corrected chi connectivity index (χ1v) is 11.2. The first-order chi connectivity index (χ1) is 13.8. The zero-order chi connectivity index (χ0) is 21.0. The van der Waals surface area contributed by atoms with Crippen molar-refractivity contribution in [3.8, 4) is 0 Å². The van der Waals surface area contributed by atoms with Crippen LogP contribution in [0.25, 0.3) is 0 Å². The summed E-state index contributed by atoms with van der Waals surface area (Å²) >= 11 is 12.3. The molecule has 0 aliphatic heterocycles. The van der Waals surface area contributed by atoms with E-state index in [1.54, 1.807) is 42.5 Å². The molecule has 0 heterocycles.